The zero-order valence-electron chi connectivity index (χ0n) is 10.8. The number of allylic oxidation sites excluding steroid dienone is 1. The third-order valence-electron chi connectivity index (χ3n) is 3.67. The first-order valence-electron chi connectivity index (χ1n) is 7.20. The number of benzene rings is 1. The Balaban J connectivity index is 1.98. The monoisotopic (exact) mass is 228 g/mol. The molecule has 1 fully saturated rings. The van der Waals surface area contributed by atoms with E-state index in [0.717, 1.165) is 0 Å². The predicted molar refractivity (Wildman–Crippen MR) is 76.0 cm³/mol. The molecule has 0 radical (unpaired) electrons. The van der Waals surface area contributed by atoms with Crippen LogP contribution in [0.4, 0.5) is 0 Å². The molecule has 1 saturated carbocycles. The largest absolute Gasteiger partial charge is 0.0696 e. The Morgan fingerprint density at radius 2 is 1.18 bits per heavy atom. The van der Waals surface area contributed by atoms with Gasteiger partial charge in [-0.15, -0.1) is 0 Å². The van der Waals surface area contributed by atoms with Crippen molar-refractivity contribution in [1.82, 2.24) is 0 Å². The molecule has 0 unspecified atom stereocenters. The molecule has 0 atom stereocenters. The summed E-state index contributed by atoms with van der Waals surface area (Å²) in [5.74, 6) is 0. The Labute approximate surface area is 106 Å². The van der Waals surface area contributed by atoms with Crippen LogP contribution in [-0.4, -0.2) is 0 Å². The van der Waals surface area contributed by atoms with Crippen molar-refractivity contribution in [3.8, 4) is 0 Å². The standard InChI is InChI=1S/C17H24/c1-2-4-7-11-16(12-8-5-3-1)15-17-13-9-6-10-14-17/h6,9-10,13-15H,1-5,7-8,11-12H2. The molecule has 0 saturated heterocycles. The number of hydrogen-bond donors (Lipinski definition) is 0. The summed E-state index contributed by atoms with van der Waals surface area (Å²) in [7, 11) is 0. The van der Waals surface area contributed by atoms with Gasteiger partial charge in [0.2, 0.25) is 0 Å². The van der Waals surface area contributed by atoms with Crippen molar-refractivity contribution < 1.29 is 0 Å². The molecule has 0 heteroatoms. The predicted octanol–water partition coefficient (Wildman–Crippen LogP) is 5.59. The molecule has 1 aromatic rings. The van der Waals surface area contributed by atoms with E-state index in [0.29, 0.717) is 0 Å². The van der Waals surface area contributed by atoms with Gasteiger partial charge >= 0.3 is 0 Å². The fraction of sp³-hybridized carbons (Fsp3) is 0.529. The topological polar surface area (TPSA) is 0 Å². The summed E-state index contributed by atoms with van der Waals surface area (Å²) in [6.45, 7) is 0. The molecular formula is C17H24. The van der Waals surface area contributed by atoms with Crippen LogP contribution in [0.15, 0.2) is 35.9 Å². The second-order valence-corrected chi connectivity index (χ2v) is 5.19. The molecular weight excluding hydrogens is 204 g/mol. The van der Waals surface area contributed by atoms with E-state index in [4.69, 9.17) is 0 Å². The zero-order valence-corrected chi connectivity index (χ0v) is 10.8. The van der Waals surface area contributed by atoms with E-state index < -0.39 is 0 Å². The van der Waals surface area contributed by atoms with Crippen molar-refractivity contribution in [2.45, 2.75) is 57.8 Å². The van der Waals surface area contributed by atoms with Crippen LogP contribution < -0.4 is 0 Å². The first-order chi connectivity index (χ1) is 8.45. The Bertz CT molecular complexity index is 322. The van der Waals surface area contributed by atoms with E-state index >= 15 is 0 Å². The molecule has 1 aliphatic rings. The molecule has 1 aliphatic carbocycles. The minimum atomic E-state index is 1.31. The molecule has 0 heterocycles. The van der Waals surface area contributed by atoms with E-state index in [1.54, 1.807) is 5.57 Å². The molecule has 0 aromatic heterocycles. The van der Waals surface area contributed by atoms with E-state index in [9.17, 15) is 0 Å². The highest BCUT2D eigenvalue weighted by Crippen LogP contribution is 2.22. The van der Waals surface area contributed by atoms with Crippen LogP contribution in [0.2, 0.25) is 0 Å². The van der Waals surface area contributed by atoms with Crippen LogP contribution in [0.3, 0.4) is 0 Å². The van der Waals surface area contributed by atoms with E-state index in [2.05, 4.69) is 36.4 Å². The summed E-state index contributed by atoms with van der Waals surface area (Å²) in [6.07, 6.45) is 15.0. The molecule has 0 spiro atoms. The van der Waals surface area contributed by atoms with E-state index in [1.807, 2.05) is 0 Å². The zero-order chi connectivity index (χ0) is 11.8. The fourth-order valence-corrected chi connectivity index (χ4v) is 2.64. The SMILES string of the molecule is C(=C1CCCCCCCCC1)c1ccccc1. The third kappa shape index (κ3) is 4.77. The van der Waals surface area contributed by atoms with Gasteiger partial charge in [0.1, 0.15) is 0 Å². The van der Waals surface area contributed by atoms with Gasteiger partial charge in [-0.1, -0.05) is 74.1 Å². The Kier molecular flexibility index (Phi) is 5.35. The lowest BCUT2D eigenvalue weighted by atomic mass is 9.95. The molecule has 0 nitrogen and oxygen atoms in total. The van der Waals surface area contributed by atoms with Gasteiger partial charge in [-0.3, -0.25) is 0 Å². The Morgan fingerprint density at radius 3 is 1.76 bits per heavy atom. The van der Waals surface area contributed by atoms with Crippen molar-refractivity contribution in [2.75, 3.05) is 0 Å². The summed E-state index contributed by atoms with van der Waals surface area (Å²) in [5.41, 5.74) is 3.04. The van der Waals surface area contributed by atoms with Gasteiger partial charge in [0.05, 0.1) is 0 Å². The van der Waals surface area contributed by atoms with Gasteiger partial charge in [-0.05, 0) is 31.2 Å². The molecule has 0 N–H and O–H groups in total. The smallest absolute Gasteiger partial charge is 0.0257 e. The van der Waals surface area contributed by atoms with Gasteiger partial charge in [-0.25, -0.2) is 0 Å². The summed E-state index contributed by atoms with van der Waals surface area (Å²) in [4.78, 5) is 0. The lowest BCUT2D eigenvalue weighted by Gasteiger charge is -2.11. The maximum Gasteiger partial charge on any atom is -0.0257 e. The highest BCUT2D eigenvalue weighted by Gasteiger charge is 2.02. The lowest BCUT2D eigenvalue weighted by molar-refractivity contribution is 0.552. The number of rotatable bonds is 1. The van der Waals surface area contributed by atoms with E-state index in [-0.39, 0.29) is 0 Å². The fourth-order valence-electron chi connectivity index (χ4n) is 2.64. The quantitative estimate of drug-likeness (QED) is 0.587. The van der Waals surface area contributed by atoms with Crippen LogP contribution in [-0.2, 0) is 0 Å². The summed E-state index contributed by atoms with van der Waals surface area (Å²) in [5, 5.41) is 0. The van der Waals surface area contributed by atoms with Crippen molar-refractivity contribution in [3.63, 3.8) is 0 Å². The van der Waals surface area contributed by atoms with Crippen LogP contribution in [0, 0.1) is 0 Å². The molecule has 0 amide bonds. The summed E-state index contributed by atoms with van der Waals surface area (Å²) >= 11 is 0. The van der Waals surface area contributed by atoms with Crippen molar-refractivity contribution in [2.24, 2.45) is 0 Å². The van der Waals surface area contributed by atoms with Crippen molar-refractivity contribution in [1.29, 1.82) is 0 Å². The van der Waals surface area contributed by atoms with Gasteiger partial charge < -0.3 is 0 Å². The minimum Gasteiger partial charge on any atom is -0.0696 e. The van der Waals surface area contributed by atoms with Crippen molar-refractivity contribution >= 4 is 6.08 Å². The van der Waals surface area contributed by atoms with E-state index in [1.165, 1.54) is 63.4 Å². The Morgan fingerprint density at radius 1 is 0.647 bits per heavy atom. The molecule has 2 rings (SSSR count). The molecule has 92 valence electrons. The maximum atomic E-state index is 2.42. The molecule has 1 aromatic carbocycles. The summed E-state index contributed by atoms with van der Waals surface area (Å²) in [6, 6.07) is 10.8. The van der Waals surface area contributed by atoms with Crippen molar-refractivity contribution in [3.05, 3.63) is 41.5 Å². The normalized spacial score (nSPS) is 18.7. The summed E-state index contributed by atoms with van der Waals surface area (Å²) < 4.78 is 0. The van der Waals surface area contributed by atoms with Gasteiger partial charge in [-0.2, -0.15) is 0 Å². The average molecular weight is 228 g/mol. The third-order valence-corrected chi connectivity index (χ3v) is 3.67. The molecule has 0 aliphatic heterocycles. The molecule has 17 heavy (non-hydrogen) atoms. The second-order valence-electron chi connectivity index (χ2n) is 5.19. The average Bonchev–Trinajstić information content (AvgIpc) is 2.38. The van der Waals surface area contributed by atoms with Crippen LogP contribution in [0.5, 0.6) is 0 Å². The highest BCUT2D eigenvalue weighted by molar-refractivity contribution is 5.52. The van der Waals surface area contributed by atoms with Crippen LogP contribution in [0.25, 0.3) is 6.08 Å². The van der Waals surface area contributed by atoms with Gasteiger partial charge in [0.15, 0.2) is 0 Å². The van der Waals surface area contributed by atoms with Crippen LogP contribution in [0.1, 0.15) is 63.4 Å². The minimum absolute atomic E-state index is 1.31. The highest BCUT2D eigenvalue weighted by atomic mass is 14.1. The second kappa shape index (κ2) is 7.32. The van der Waals surface area contributed by atoms with Gasteiger partial charge in [0, 0.05) is 0 Å². The van der Waals surface area contributed by atoms with Gasteiger partial charge in [0.25, 0.3) is 0 Å². The molecule has 0 bridgehead atoms. The lowest BCUT2D eigenvalue weighted by Crippen LogP contribution is -1.90. The maximum absolute atomic E-state index is 2.42. The first kappa shape index (κ1) is 12.4. The number of hydrogen-bond acceptors (Lipinski definition) is 0. The Hall–Kier alpha value is -1.04. The van der Waals surface area contributed by atoms with Crippen LogP contribution >= 0.6 is 0 Å². The first-order valence-corrected chi connectivity index (χ1v) is 7.20.